The number of rotatable bonds is 11. The second-order valence-corrected chi connectivity index (χ2v) is 8.40. The molecule has 0 spiro atoms. The van der Waals surface area contributed by atoms with Gasteiger partial charge in [0.05, 0.1) is 14.2 Å². The van der Waals surface area contributed by atoms with Crippen molar-refractivity contribution in [2.45, 2.75) is 52.1 Å². The number of ether oxygens (including phenoxy) is 2. The predicted octanol–water partition coefficient (Wildman–Crippen LogP) is 2.96. The van der Waals surface area contributed by atoms with E-state index >= 15 is 0 Å². The van der Waals surface area contributed by atoms with Crippen LogP contribution >= 0.6 is 11.6 Å². The number of unbranched alkanes of at least 4 members (excludes halogenated alkanes) is 1. The summed E-state index contributed by atoms with van der Waals surface area (Å²) in [6, 6.07) is 5.60. The van der Waals surface area contributed by atoms with Gasteiger partial charge in [-0.25, -0.2) is 4.79 Å². The van der Waals surface area contributed by atoms with Gasteiger partial charge in [-0.1, -0.05) is 24.6 Å². The SMILES string of the molecule is CCCCn1c(=O)n(CCCc2nc(Cc3ccc(OC)c(OC)c3)no2)c(=O)c2[nH]c(Cl)nc21. The van der Waals surface area contributed by atoms with Crippen LogP contribution in [0, 0.1) is 0 Å². The first-order chi connectivity index (χ1) is 16.9. The lowest BCUT2D eigenvalue weighted by molar-refractivity contribution is 0.354. The van der Waals surface area contributed by atoms with E-state index in [-0.39, 0.29) is 23.0 Å². The summed E-state index contributed by atoms with van der Waals surface area (Å²) in [7, 11) is 3.16. The summed E-state index contributed by atoms with van der Waals surface area (Å²) in [5, 5.41) is 4.12. The van der Waals surface area contributed by atoms with E-state index in [0.29, 0.717) is 49.0 Å². The first-order valence-corrected chi connectivity index (χ1v) is 11.7. The minimum absolute atomic E-state index is 0.0763. The van der Waals surface area contributed by atoms with Crippen molar-refractivity contribution >= 4 is 22.8 Å². The van der Waals surface area contributed by atoms with E-state index in [4.69, 9.17) is 25.6 Å². The standard InChI is InChI=1S/C23H27ClN6O5/c1-4-5-10-29-20-19(26-22(24)27-20)21(31)30(23(29)32)11-6-7-18-25-17(28-35-18)13-14-8-9-15(33-2)16(12-14)34-3/h8-9,12H,4-7,10-11,13H2,1-3H3,(H,26,27). The number of nitrogens with one attached hydrogen (secondary N) is 1. The summed E-state index contributed by atoms with van der Waals surface area (Å²) in [5.74, 6) is 2.23. The Morgan fingerprint density at radius 1 is 1.06 bits per heavy atom. The molecule has 0 saturated heterocycles. The van der Waals surface area contributed by atoms with Gasteiger partial charge in [-0.15, -0.1) is 0 Å². The smallest absolute Gasteiger partial charge is 0.332 e. The normalized spacial score (nSPS) is 11.3. The molecule has 0 aliphatic rings. The van der Waals surface area contributed by atoms with E-state index in [0.717, 1.165) is 18.4 Å². The van der Waals surface area contributed by atoms with E-state index in [1.165, 1.54) is 9.13 Å². The van der Waals surface area contributed by atoms with Crippen molar-refractivity contribution in [2.24, 2.45) is 0 Å². The zero-order valence-electron chi connectivity index (χ0n) is 19.8. The third-order valence-corrected chi connectivity index (χ3v) is 5.84. The van der Waals surface area contributed by atoms with Crippen LogP contribution in [0.5, 0.6) is 11.5 Å². The Balaban J connectivity index is 1.46. The highest BCUT2D eigenvalue weighted by molar-refractivity contribution is 6.28. The molecule has 186 valence electrons. The second-order valence-electron chi connectivity index (χ2n) is 8.04. The first kappa shape index (κ1) is 24.5. The highest BCUT2D eigenvalue weighted by atomic mass is 35.5. The van der Waals surface area contributed by atoms with Gasteiger partial charge in [0.2, 0.25) is 11.2 Å². The van der Waals surface area contributed by atoms with E-state index < -0.39 is 11.2 Å². The number of H-pyrrole nitrogens is 1. The molecule has 3 heterocycles. The minimum Gasteiger partial charge on any atom is -0.493 e. The molecule has 0 atom stereocenters. The maximum Gasteiger partial charge on any atom is 0.332 e. The zero-order chi connectivity index (χ0) is 24.9. The maximum atomic E-state index is 13.0. The number of nitrogens with zero attached hydrogens (tertiary/aromatic N) is 5. The van der Waals surface area contributed by atoms with Crippen LogP contribution in [0.1, 0.15) is 43.5 Å². The lowest BCUT2D eigenvalue weighted by atomic mass is 10.1. The Bertz CT molecular complexity index is 1440. The summed E-state index contributed by atoms with van der Waals surface area (Å²) in [6.45, 7) is 2.68. The van der Waals surface area contributed by atoms with Crippen molar-refractivity contribution in [1.82, 2.24) is 29.2 Å². The van der Waals surface area contributed by atoms with Crippen molar-refractivity contribution in [1.29, 1.82) is 0 Å². The summed E-state index contributed by atoms with van der Waals surface area (Å²) in [6.07, 6.45) is 3.02. The molecule has 0 aliphatic carbocycles. The fourth-order valence-corrected chi connectivity index (χ4v) is 4.05. The number of aromatic nitrogens is 6. The van der Waals surface area contributed by atoms with Gasteiger partial charge < -0.3 is 19.0 Å². The van der Waals surface area contributed by atoms with Gasteiger partial charge in [0.25, 0.3) is 5.56 Å². The highest BCUT2D eigenvalue weighted by Gasteiger charge is 2.17. The van der Waals surface area contributed by atoms with Crippen molar-refractivity contribution in [3.63, 3.8) is 0 Å². The molecule has 0 saturated carbocycles. The van der Waals surface area contributed by atoms with E-state index in [1.807, 2.05) is 25.1 Å². The van der Waals surface area contributed by atoms with Crippen LogP contribution in [0.25, 0.3) is 11.2 Å². The van der Waals surface area contributed by atoms with E-state index in [9.17, 15) is 9.59 Å². The molecule has 0 radical (unpaired) electrons. The number of hydrogen-bond acceptors (Lipinski definition) is 8. The van der Waals surface area contributed by atoms with Gasteiger partial charge in [0.15, 0.2) is 28.5 Å². The molecule has 1 N–H and O–H groups in total. The van der Waals surface area contributed by atoms with Crippen LogP contribution in [0.2, 0.25) is 5.28 Å². The monoisotopic (exact) mass is 502 g/mol. The van der Waals surface area contributed by atoms with E-state index in [2.05, 4.69) is 20.1 Å². The van der Waals surface area contributed by atoms with Gasteiger partial charge in [-0.05, 0) is 42.1 Å². The summed E-state index contributed by atoms with van der Waals surface area (Å²) in [4.78, 5) is 37.2. The number of fused-ring (bicyclic) bond motifs is 1. The first-order valence-electron chi connectivity index (χ1n) is 11.4. The molecule has 35 heavy (non-hydrogen) atoms. The number of imidazole rings is 1. The molecule has 4 rings (SSSR count). The van der Waals surface area contributed by atoms with Gasteiger partial charge in [0, 0.05) is 25.9 Å². The lowest BCUT2D eigenvalue weighted by Crippen LogP contribution is -2.40. The van der Waals surface area contributed by atoms with Crippen molar-refractivity contribution in [3.8, 4) is 11.5 Å². The molecule has 0 bridgehead atoms. The maximum absolute atomic E-state index is 13.0. The molecule has 0 unspecified atom stereocenters. The van der Waals surface area contributed by atoms with Gasteiger partial charge in [-0.2, -0.15) is 9.97 Å². The molecular formula is C23H27ClN6O5. The number of benzene rings is 1. The Labute approximate surface area is 205 Å². The Morgan fingerprint density at radius 3 is 2.57 bits per heavy atom. The van der Waals surface area contributed by atoms with Gasteiger partial charge >= 0.3 is 5.69 Å². The summed E-state index contributed by atoms with van der Waals surface area (Å²) in [5.41, 5.74) is 0.600. The molecule has 1 aromatic carbocycles. The van der Waals surface area contributed by atoms with Crippen molar-refractivity contribution in [2.75, 3.05) is 14.2 Å². The van der Waals surface area contributed by atoms with Crippen LogP contribution in [0.15, 0.2) is 32.3 Å². The zero-order valence-corrected chi connectivity index (χ0v) is 20.6. The largest absolute Gasteiger partial charge is 0.493 e. The Morgan fingerprint density at radius 2 is 1.83 bits per heavy atom. The quantitative estimate of drug-likeness (QED) is 0.310. The molecule has 4 aromatic rings. The number of methoxy groups -OCH3 is 2. The highest BCUT2D eigenvalue weighted by Crippen LogP contribution is 2.28. The molecule has 0 aliphatic heterocycles. The third kappa shape index (κ3) is 5.24. The molecule has 3 aromatic heterocycles. The topological polar surface area (TPSA) is 130 Å². The molecular weight excluding hydrogens is 476 g/mol. The Kier molecular flexibility index (Phi) is 7.54. The van der Waals surface area contributed by atoms with Crippen molar-refractivity contribution < 1.29 is 14.0 Å². The average Bonchev–Trinajstić information content (AvgIpc) is 3.47. The van der Waals surface area contributed by atoms with Crippen molar-refractivity contribution in [3.05, 3.63) is 61.6 Å². The lowest BCUT2D eigenvalue weighted by Gasteiger charge is -2.10. The van der Waals surface area contributed by atoms with E-state index in [1.54, 1.807) is 14.2 Å². The Hall–Kier alpha value is -3.60. The number of halogens is 1. The predicted molar refractivity (Wildman–Crippen MR) is 130 cm³/mol. The number of aryl methyl sites for hydroxylation is 2. The van der Waals surface area contributed by atoms with Crippen LogP contribution in [-0.4, -0.2) is 43.5 Å². The average molecular weight is 503 g/mol. The van der Waals surface area contributed by atoms with Crippen LogP contribution < -0.4 is 20.7 Å². The fraction of sp³-hybridized carbons (Fsp3) is 0.435. The summed E-state index contributed by atoms with van der Waals surface area (Å²) >= 11 is 5.97. The van der Waals surface area contributed by atoms with Crippen LogP contribution in [-0.2, 0) is 25.9 Å². The molecule has 12 heteroatoms. The summed E-state index contributed by atoms with van der Waals surface area (Å²) < 4.78 is 18.7. The molecule has 0 amide bonds. The van der Waals surface area contributed by atoms with Crippen LogP contribution in [0.3, 0.4) is 0 Å². The molecule has 0 fully saturated rings. The van der Waals surface area contributed by atoms with Gasteiger partial charge in [0.1, 0.15) is 0 Å². The third-order valence-electron chi connectivity index (χ3n) is 5.66. The minimum atomic E-state index is -0.447. The second kappa shape index (κ2) is 10.8. The number of hydrogen-bond donors (Lipinski definition) is 1. The fourth-order valence-electron chi connectivity index (χ4n) is 3.88. The van der Waals surface area contributed by atoms with Gasteiger partial charge in [-0.3, -0.25) is 13.9 Å². The number of aromatic amines is 1. The van der Waals surface area contributed by atoms with Crippen LogP contribution in [0.4, 0.5) is 0 Å². The molecule has 11 nitrogen and oxygen atoms in total.